The zero-order valence-corrected chi connectivity index (χ0v) is 13.3. The van der Waals surface area contributed by atoms with Gasteiger partial charge in [-0.1, -0.05) is 6.08 Å². The molecule has 0 aromatic carbocycles. The summed E-state index contributed by atoms with van der Waals surface area (Å²) in [6, 6.07) is 1.68. The summed E-state index contributed by atoms with van der Waals surface area (Å²) >= 11 is 0. The first-order valence-electron chi connectivity index (χ1n) is 6.71. The maximum absolute atomic E-state index is 11.9. The molecule has 120 valence electrons. The van der Waals surface area contributed by atoms with E-state index in [1.165, 1.54) is 6.20 Å². The number of sulfonamides is 1. The summed E-state index contributed by atoms with van der Waals surface area (Å²) in [5, 5.41) is 3.06. The van der Waals surface area contributed by atoms with E-state index in [0.717, 1.165) is 0 Å². The molecule has 1 heterocycles. The molecule has 1 aromatic rings. The van der Waals surface area contributed by atoms with E-state index in [-0.39, 0.29) is 5.75 Å². The summed E-state index contributed by atoms with van der Waals surface area (Å²) in [5.74, 6) is -0.00708. The minimum atomic E-state index is -3.41. The van der Waals surface area contributed by atoms with Gasteiger partial charge >= 0.3 is 0 Å². The second-order valence-electron chi connectivity index (χ2n) is 4.41. The first-order valence-corrected chi connectivity index (χ1v) is 8.36. The fourth-order valence-corrected chi connectivity index (χ4v) is 2.76. The van der Waals surface area contributed by atoms with Crippen LogP contribution in [0.3, 0.4) is 0 Å². The predicted molar refractivity (Wildman–Crippen MR) is 91.1 cm³/mol. The van der Waals surface area contributed by atoms with Gasteiger partial charge in [0.1, 0.15) is 0 Å². The fourth-order valence-electron chi connectivity index (χ4n) is 1.59. The minimum absolute atomic E-state index is 0.00708. The number of aromatic nitrogens is 1. The first kappa shape index (κ1) is 17.7. The quantitative estimate of drug-likeness (QED) is 0.362. The van der Waals surface area contributed by atoms with Crippen molar-refractivity contribution in [3.8, 4) is 0 Å². The van der Waals surface area contributed by atoms with Gasteiger partial charge in [-0.25, -0.2) is 8.42 Å². The predicted octanol–water partition coefficient (Wildman–Crippen LogP) is 1.50. The van der Waals surface area contributed by atoms with Crippen molar-refractivity contribution in [3.63, 3.8) is 0 Å². The Bertz CT molecular complexity index is 653. The lowest BCUT2D eigenvalue weighted by atomic mass is 10.3. The molecule has 7 nitrogen and oxygen atoms in total. The van der Waals surface area contributed by atoms with Crippen LogP contribution in [0.25, 0.3) is 0 Å². The van der Waals surface area contributed by atoms with E-state index in [9.17, 15) is 8.42 Å². The molecule has 0 amide bonds. The molecule has 0 aliphatic carbocycles. The highest BCUT2D eigenvalue weighted by Crippen LogP contribution is 2.14. The van der Waals surface area contributed by atoms with Crippen molar-refractivity contribution in [2.24, 2.45) is 4.99 Å². The molecule has 0 atom stereocenters. The normalized spacial score (nSPS) is 12.3. The standard InChI is InChI=1S/C14H21N5O2S/c1-3-12(5-8-16-2)19-22(20,21)10-4-7-18-14-11-17-9-6-13(14)15/h3,5-6,8-9,11,18-19H,2,4,7,10H2,1H3,(H2,15,17)/b8-5-,12-3+. The molecule has 0 bridgehead atoms. The van der Waals surface area contributed by atoms with Gasteiger partial charge in [0, 0.05) is 24.6 Å². The maximum atomic E-state index is 11.9. The van der Waals surface area contributed by atoms with Gasteiger partial charge < -0.3 is 11.1 Å². The molecule has 0 saturated carbocycles. The third kappa shape index (κ3) is 6.40. The lowest BCUT2D eigenvalue weighted by molar-refractivity contribution is 0.587. The molecule has 8 heteroatoms. The molecular weight excluding hydrogens is 302 g/mol. The van der Waals surface area contributed by atoms with Crippen molar-refractivity contribution in [1.82, 2.24) is 9.71 Å². The zero-order chi connectivity index (χ0) is 16.4. The second-order valence-corrected chi connectivity index (χ2v) is 6.25. The molecule has 0 saturated heterocycles. The summed E-state index contributed by atoms with van der Waals surface area (Å²) in [6.07, 6.45) is 8.24. The van der Waals surface area contributed by atoms with Gasteiger partial charge in [-0.05, 0) is 32.2 Å². The van der Waals surface area contributed by atoms with Crippen molar-refractivity contribution in [3.05, 3.63) is 42.5 Å². The maximum Gasteiger partial charge on any atom is 0.232 e. The number of hydrogen-bond acceptors (Lipinski definition) is 6. The van der Waals surface area contributed by atoms with Gasteiger partial charge in [0.2, 0.25) is 10.0 Å². The largest absolute Gasteiger partial charge is 0.397 e. The van der Waals surface area contributed by atoms with Crippen molar-refractivity contribution in [2.75, 3.05) is 23.3 Å². The van der Waals surface area contributed by atoms with Crippen LogP contribution >= 0.6 is 0 Å². The number of aliphatic imine (C=N–C) groups is 1. The molecule has 0 radical (unpaired) electrons. The summed E-state index contributed by atoms with van der Waals surface area (Å²) in [5.41, 5.74) is 7.49. The highest BCUT2D eigenvalue weighted by Gasteiger charge is 2.10. The van der Waals surface area contributed by atoms with Gasteiger partial charge in [0.15, 0.2) is 0 Å². The Balaban J connectivity index is 2.44. The Morgan fingerprint density at radius 1 is 1.55 bits per heavy atom. The monoisotopic (exact) mass is 323 g/mol. The molecule has 4 N–H and O–H groups in total. The Kier molecular flexibility index (Phi) is 7.11. The van der Waals surface area contributed by atoms with Crippen LogP contribution in [0.1, 0.15) is 13.3 Å². The second kappa shape index (κ2) is 8.83. The summed E-state index contributed by atoms with van der Waals surface area (Å²) in [6.45, 7) is 5.51. The van der Waals surface area contributed by atoms with Crippen molar-refractivity contribution < 1.29 is 8.42 Å². The lowest BCUT2D eigenvalue weighted by Gasteiger charge is -2.10. The number of nitrogens with one attached hydrogen (secondary N) is 2. The molecule has 22 heavy (non-hydrogen) atoms. The molecule has 0 spiro atoms. The average molecular weight is 323 g/mol. The Morgan fingerprint density at radius 3 is 2.95 bits per heavy atom. The summed E-state index contributed by atoms with van der Waals surface area (Å²) < 4.78 is 26.4. The third-order valence-corrected chi connectivity index (χ3v) is 4.08. The topological polar surface area (TPSA) is 109 Å². The van der Waals surface area contributed by atoms with Crippen LogP contribution in [-0.2, 0) is 10.0 Å². The van der Waals surface area contributed by atoms with Crippen molar-refractivity contribution >= 4 is 28.1 Å². The zero-order valence-electron chi connectivity index (χ0n) is 12.5. The van der Waals surface area contributed by atoms with Gasteiger partial charge in [-0.3, -0.25) is 14.7 Å². The first-order chi connectivity index (χ1) is 10.5. The van der Waals surface area contributed by atoms with Crippen LogP contribution in [0.5, 0.6) is 0 Å². The molecule has 0 aliphatic heterocycles. The van der Waals surface area contributed by atoms with E-state index in [4.69, 9.17) is 5.73 Å². The lowest BCUT2D eigenvalue weighted by Crippen LogP contribution is -2.26. The molecule has 0 unspecified atom stereocenters. The number of rotatable bonds is 9. The minimum Gasteiger partial charge on any atom is -0.397 e. The number of nitrogens with zero attached hydrogens (tertiary/aromatic N) is 2. The average Bonchev–Trinajstić information content (AvgIpc) is 2.49. The SMILES string of the molecule is C=N/C=C\C(=C/C)NS(=O)(=O)CCCNc1cnccc1N. The van der Waals surface area contributed by atoms with Crippen LogP contribution in [0.2, 0.25) is 0 Å². The smallest absolute Gasteiger partial charge is 0.232 e. The number of nitrogens with two attached hydrogens (primary N) is 1. The van der Waals surface area contributed by atoms with Gasteiger partial charge in [0.25, 0.3) is 0 Å². The Morgan fingerprint density at radius 2 is 2.32 bits per heavy atom. The van der Waals surface area contributed by atoms with Gasteiger partial charge in [0.05, 0.1) is 23.3 Å². The Labute approximate surface area is 131 Å². The van der Waals surface area contributed by atoms with Crippen molar-refractivity contribution in [2.45, 2.75) is 13.3 Å². The summed E-state index contributed by atoms with van der Waals surface area (Å²) in [4.78, 5) is 7.49. The van der Waals surface area contributed by atoms with Crippen LogP contribution in [0.15, 0.2) is 47.5 Å². The highest BCUT2D eigenvalue weighted by atomic mass is 32.2. The van der Waals surface area contributed by atoms with Gasteiger partial charge in [-0.2, -0.15) is 0 Å². The highest BCUT2D eigenvalue weighted by molar-refractivity contribution is 7.89. The number of hydrogen-bond donors (Lipinski definition) is 3. The van der Waals surface area contributed by atoms with Crippen LogP contribution < -0.4 is 15.8 Å². The molecule has 0 fully saturated rings. The van der Waals surface area contributed by atoms with E-state index < -0.39 is 10.0 Å². The van der Waals surface area contributed by atoms with E-state index >= 15 is 0 Å². The summed E-state index contributed by atoms with van der Waals surface area (Å²) in [7, 11) is -3.41. The number of nitrogen functional groups attached to an aromatic ring is 1. The van der Waals surface area contributed by atoms with Gasteiger partial charge in [-0.15, -0.1) is 0 Å². The molecule has 1 rings (SSSR count). The molecule has 1 aromatic heterocycles. The molecule has 0 aliphatic rings. The van der Waals surface area contributed by atoms with Crippen LogP contribution in [-0.4, -0.2) is 32.4 Å². The fraction of sp³-hybridized carbons (Fsp3) is 0.286. The number of allylic oxidation sites excluding steroid dienone is 2. The number of pyridine rings is 1. The van der Waals surface area contributed by atoms with Crippen LogP contribution in [0, 0.1) is 0 Å². The van der Waals surface area contributed by atoms with Crippen LogP contribution in [0.4, 0.5) is 11.4 Å². The third-order valence-electron chi connectivity index (χ3n) is 2.70. The van der Waals surface area contributed by atoms with E-state index in [2.05, 4.69) is 26.7 Å². The number of anilines is 2. The van der Waals surface area contributed by atoms with E-state index in [0.29, 0.717) is 30.0 Å². The molecular formula is C14H21N5O2S. The Hall–Kier alpha value is -2.35. The van der Waals surface area contributed by atoms with E-state index in [1.54, 1.807) is 37.5 Å². The van der Waals surface area contributed by atoms with E-state index in [1.807, 2.05) is 0 Å². The van der Waals surface area contributed by atoms with Crippen molar-refractivity contribution in [1.29, 1.82) is 0 Å².